The van der Waals surface area contributed by atoms with Gasteiger partial charge in [-0.3, -0.25) is 0 Å². The molecular formula is C67H61N. The average molecular weight is 880 g/mol. The lowest BCUT2D eigenvalue weighted by atomic mass is 9.74. The average Bonchev–Trinajstić information content (AvgIpc) is 3.75. The van der Waals surface area contributed by atoms with Crippen LogP contribution in [0.3, 0.4) is 0 Å². The van der Waals surface area contributed by atoms with Gasteiger partial charge in [0, 0.05) is 27.9 Å². The Morgan fingerprint density at radius 3 is 1.38 bits per heavy atom. The Kier molecular flexibility index (Phi) is 10.2. The summed E-state index contributed by atoms with van der Waals surface area (Å²) in [7, 11) is 0. The monoisotopic (exact) mass is 879 g/mol. The minimum Gasteiger partial charge on any atom is -0.310 e. The first-order valence-electron chi connectivity index (χ1n) is 24.4. The van der Waals surface area contributed by atoms with Crippen molar-refractivity contribution in [3.05, 3.63) is 245 Å². The molecule has 68 heavy (non-hydrogen) atoms. The van der Waals surface area contributed by atoms with Crippen molar-refractivity contribution in [2.24, 2.45) is 0 Å². The molecule has 334 valence electrons. The molecule has 0 saturated carbocycles. The Morgan fingerprint density at radius 1 is 0.324 bits per heavy atom. The predicted octanol–water partition coefficient (Wildman–Crippen LogP) is 18.4. The molecule has 9 aromatic carbocycles. The lowest BCUT2D eigenvalue weighted by molar-refractivity contribution is 0.569. The SMILES string of the molecule is CC(C)(C)c1cc(N(c2ccc(-c3ccc4c(c3)C(C)(c3ccccc3)c3ccccc3-4)cc2)c2ccc(-c3ccccc3-c3cccc4c3C(C)(C)c3ccccc3-4)cc2)cc(C(C)(C)C)c1. The maximum Gasteiger partial charge on any atom is 0.0467 e. The highest BCUT2D eigenvalue weighted by atomic mass is 15.1. The van der Waals surface area contributed by atoms with E-state index >= 15 is 0 Å². The number of anilines is 3. The molecule has 0 heterocycles. The molecule has 2 aliphatic carbocycles. The largest absolute Gasteiger partial charge is 0.310 e. The number of fused-ring (bicyclic) bond motifs is 6. The summed E-state index contributed by atoms with van der Waals surface area (Å²) >= 11 is 0. The van der Waals surface area contributed by atoms with Crippen molar-refractivity contribution < 1.29 is 0 Å². The Bertz CT molecular complexity index is 3340. The number of hydrogen-bond donors (Lipinski definition) is 0. The molecule has 0 N–H and O–H groups in total. The minimum absolute atomic E-state index is 0.0336. The predicted molar refractivity (Wildman–Crippen MR) is 290 cm³/mol. The molecule has 9 aromatic rings. The first-order valence-corrected chi connectivity index (χ1v) is 24.4. The Labute approximate surface area is 404 Å². The molecular weight excluding hydrogens is 819 g/mol. The second-order valence-electron chi connectivity index (χ2n) is 21.9. The van der Waals surface area contributed by atoms with Crippen LogP contribution in [0.15, 0.2) is 206 Å². The fourth-order valence-corrected chi connectivity index (χ4v) is 11.4. The maximum absolute atomic E-state index is 2.46. The van der Waals surface area contributed by atoms with E-state index in [0.29, 0.717) is 0 Å². The van der Waals surface area contributed by atoms with E-state index in [2.05, 4.69) is 273 Å². The summed E-state index contributed by atoms with van der Waals surface area (Å²) in [4.78, 5) is 2.46. The Balaban J connectivity index is 1.01. The molecule has 0 radical (unpaired) electrons. The Morgan fingerprint density at radius 2 is 0.779 bits per heavy atom. The number of nitrogens with zero attached hydrogens (tertiary/aromatic N) is 1. The molecule has 0 aromatic heterocycles. The summed E-state index contributed by atoms with van der Waals surface area (Å²) in [5.41, 5.74) is 25.2. The van der Waals surface area contributed by atoms with Crippen molar-refractivity contribution >= 4 is 17.1 Å². The van der Waals surface area contributed by atoms with E-state index in [0.717, 1.165) is 11.4 Å². The third-order valence-corrected chi connectivity index (χ3v) is 15.3. The van der Waals surface area contributed by atoms with Gasteiger partial charge < -0.3 is 4.90 Å². The van der Waals surface area contributed by atoms with Gasteiger partial charge in [0.15, 0.2) is 0 Å². The fraction of sp³-hybridized carbons (Fsp3) is 0.194. The van der Waals surface area contributed by atoms with Crippen LogP contribution in [0.4, 0.5) is 17.1 Å². The molecule has 1 unspecified atom stereocenters. The van der Waals surface area contributed by atoms with E-state index in [4.69, 9.17) is 0 Å². The van der Waals surface area contributed by atoms with E-state index in [1.165, 1.54) is 100 Å². The normalized spacial score (nSPS) is 15.6. The van der Waals surface area contributed by atoms with Crippen LogP contribution in [-0.4, -0.2) is 0 Å². The van der Waals surface area contributed by atoms with Crippen LogP contribution >= 0.6 is 0 Å². The zero-order valence-corrected chi connectivity index (χ0v) is 41.1. The molecule has 2 aliphatic rings. The van der Waals surface area contributed by atoms with Crippen molar-refractivity contribution in [2.75, 3.05) is 4.90 Å². The summed E-state index contributed by atoms with van der Waals surface area (Å²) in [6.45, 7) is 21.1. The van der Waals surface area contributed by atoms with E-state index in [1.54, 1.807) is 0 Å². The molecule has 0 bridgehead atoms. The van der Waals surface area contributed by atoms with E-state index < -0.39 is 0 Å². The topological polar surface area (TPSA) is 3.24 Å². The summed E-state index contributed by atoms with van der Waals surface area (Å²) in [6.07, 6.45) is 0. The molecule has 0 aliphatic heterocycles. The van der Waals surface area contributed by atoms with Crippen molar-refractivity contribution in [3.63, 3.8) is 0 Å². The second-order valence-corrected chi connectivity index (χ2v) is 21.9. The van der Waals surface area contributed by atoms with Gasteiger partial charge >= 0.3 is 0 Å². The fourth-order valence-electron chi connectivity index (χ4n) is 11.4. The highest BCUT2D eigenvalue weighted by Gasteiger charge is 2.41. The molecule has 0 fully saturated rings. The standard InChI is InChI=1S/C67H61N/c1-64(2,3)48-41-49(65(4,5)6)43-52(42-48)68(50-35-30-44(31-36-50)46-34-39-57-55-24-16-18-29-61(55)67(9,62(57)40-46)47-20-11-10-12-21-47)51-37-32-45(33-38-51)53-22-13-14-23-54(53)58-26-19-27-59-56-25-15-17-28-60(56)66(7,8)63(58)59/h10-43H,1-9H3. The molecule has 0 spiro atoms. The van der Waals surface area contributed by atoms with Gasteiger partial charge in [0.05, 0.1) is 0 Å². The van der Waals surface area contributed by atoms with Crippen LogP contribution in [0.1, 0.15) is 101 Å². The molecule has 1 heteroatoms. The molecule has 1 nitrogen and oxygen atoms in total. The van der Waals surface area contributed by atoms with Crippen molar-refractivity contribution in [1.82, 2.24) is 0 Å². The number of benzene rings is 9. The van der Waals surface area contributed by atoms with E-state index in [-0.39, 0.29) is 21.7 Å². The van der Waals surface area contributed by atoms with Gasteiger partial charge in [-0.05, 0) is 155 Å². The summed E-state index contributed by atoms with van der Waals surface area (Å²) in [5, 5.41) is 0. The smallest absolute Gasteiger partial charge is 0.0467 e. The minimum atomic E-state index is -0.251. The molecule has 0 amide bonds. The van der Waals surface area contributed by atoms with Gasteiger partial charge in [0.25, 0.3) is 0 Å². The quantitative estimate of drug-likeness (QED) is 0.154. The van der Waals surface area contributed by atoms with Gasteiger partial charge in [-0.15, -0.1) is 0 Å². The Hall–Kier alpha value is -7.22. The van der Waals surface area contributed by atoms with Crippen LogP contribution in [0.2, 0.25) is 0 Å². The first-order chi connectivity index (χ1) is 32.6. The van der Waals surface area contributed by atoms with Gasteiger partial charge in [-0.2, -0.15) is 0 Å². The molecule has 0 saturated heterocycles. The third kappa shape index (κ3) is 7.05. The van der Waals surface area contributed by atoms with Gasteiger partial charge in [0.2, 0.25) is 0 Å². The lowest BCUT2D eigenvalue weighted by Crippen LogP contribution is -2.22. The van der Waals surface area contributed by atoms with Crippen LogP contribution in [-0.2, 0) is 21.7 Å². The van der Waals surface area contributed by atoms with Crippen LogP contribution < -0.4 is 4.90 Å². The van der Waals surface area contributed by atoms with Crippen molar-refractivity contribution in [3.8, 4) is 55.6 Å². The maximum atomic E-state index is 2.46. The number of rotatable bonds is 7. The van der Waals surface area contributed by atoms with Gasteiger partial charge in [-0.25, -0.2) is 0 Å². The zero-order chi connectivity index (χ0) is 47.2. The highest BCUT2D eigenvalue weighted by Crippen LogP contribution is 2.55. The summed E-state index contributed by atoms with van der Waals surface area (Å²) < 4.78 is 0. The molecule has 11 rings (SSSR count). The highest BCUT2D eigenvalue weighted by molar-refractivity contribution is 5.93. The van der Waals surface area contributed by atoms with Gasteiger partial charge in [-0.1, -0.05) is 219 Å². The van der Waals surface area contributed by atoms with Crippen LogP contribution in [0, 0.1) is 0 Å². The van der Waals surface area contributed by atoms with E-state index in [9.17, 15) is 0 Å². The van der Waals surface area contributed by atoms with E-state index in [1.807, 2.05) is 0 Å². The summed E-state index contributed by atoms with van der Waals surface area (Å²) in [6, 6.07) is 77.6. The summed E-state index contributed by atoms with van der Waals surface area (Å²) in [5.74, 6) is 0. The van der Waals surface area contributed by atoms with Gasteiger partial charge in [0.1, 0.15) is 0 Å². The van der Waals surface area contributed by atoms with Crippen molar-refractivity contribution in [2.45, 2.75) is 84.0 Å². The van der Waals surface area contributed by atoms with Crippen molar-refractivity contribution in [1.29, 1.82) is 0 Å². The number of hydrogen-bond acceptors (Lipinski definition) is 1. The molecule has 1 atom stereocenters. The first kappa shape index (κ1) is 43.4. The van der Waals surface area contributed by atoms with Crippen LogP contribution in [0.5, 0.6) is 0 Å². The lowest BCUT2D eigenvalue weighted by Gasteiger charge is -2.31. The zero-order valence-electron chi connectivity index (χ0n) is 41.1. The van der Waals surface area contributed by atoms with Crippen LogP contribution in [0.25, 0.3) is 55.6 Å². The third-order valence-electron chi connectivity index (χ3n) is 15.3. The second kappa shape index (κ2) is 16.0.